The summed E-state index contributed by atoms with van der Waals surface area (Å²) < 4.78 is 0. The summed E-state index contributed by atoms with van der Waals surface area (Å²) in [5.74, 6) is -0.116. The average molecular weight is 266 g/mol. The third kappa shape index (κ3) is 6.33. The highest BCUT2D eigenvalue weighted by atomic mass is 16.3. The van der Waals surface area contributed by atoms with Crippen LogP contribution in [0.2, 0.25) is 0 Å². The van der Waals surface area contributed by atoms with E-state index >= 15 is 0 Å². The fourth-order valence-electron chi connectivity index (χ4n) is 1.75. The van der Waals surface area contributed by atoms with Gasteiger partial charge in [-0.3, -0.25) is 9.69 Å². The summed E-state index contributed by atoms with van der Waals surface area (Å²) in [6.45, 7) is 3.32. The number of nitrogens with zero attached hydrogens (tertiary/aromatic N) is 1. The SMILES string of the molecule is Cc1ccc(NC(=O)CN(CCO)CCCO)cc1. The number of carbonyl (C=O) groups excluding carboxylic acids is 1. The van der Waals surface area contributed by atoms with Crippen molar-refractivity contribution < 1.29 is 15.0 Å². The molecular formula is C14H22N2O3. The lowest BCUT2D eigenvalue weighted by Gasteiger charge is -2.20. The maximum Gasteiger partial charge on any atom is 0.238 e. The normalized spacial score (nSPS) is 10.7. The molecule has 0 fully saturated rings. The van der Waals surface area contributed by atoms with Crippen LogP contribution in [0.3, 0.4) is 0 Å². The standard InChI is InChI=1S/C14H22N2O3/c1-12-3-5-13(6-4-12)15-14(19)11-16(8-10-18)7-2-9-17/h3-6,17-18H,2,7-11H2,1H3,(H,15,19). The van der Waals surface area contributed by atoms with Crippen LogP contribution in [0.5, 0.6) is 0 Å². The fraction of sp³-hybridized carbons (Fsp3) is 0.500. The van der Waals surface area contributed by atoms with Crippen LogP contribution in [0, 0.1) is 6.92 Å². The fourth-order valence-corrected chi connectivity index (χ4v) is 1.75. The molecule has 1 aromatic carbocycles. The van der Waals surface area contributed by atoms with Gasteiger partial charge in [0.2, 0.25) is 5.91 Å². The van der Waals surface area contributed by atoms with Crippen molar-refractivity contribution in [1.29, 1.82) is 0 Å². The van der Waals surface area contributed by atoms with E-state index in [4.69, 9.17) is 10.2 Å². The Bertz CT molecular complexity index is 379. The molecule has 0 aliphatic rings. The van der Waals surface area contributed by atoms with Crippen LogP contribution >= 0.6 is 0 Å². The number of aryl methyl sites for hydroxylation is 1. The molecule has 0 radical (unpaired) electrons. The Balaban J connectivity index is 2.45. The van der Waals surface area contributed by atoms with Gasteiger partial charge >= 0.3 is 0 Å². The first-order chi connectivity index (χ1) is 9.15. The largest absolute Gasteiger partial charge is 0.396 e. The molecule has 5 heteroatoms. The topological polar surface area (TPSA) is 72.8 Å². The average Bonchev–Trinajstić information content (AvgIpc) is 2.39. The monoisotopic (exact) mass is 266 g/mol. The van der Waals surface area contributed by atoms with E-state index < -0.39 is 0 Å². The number of anilines is 1. The zero-order valence-electron chi connectivity index (χ0n) is 11.3. The first-order valence-electron chi connectivity index (χ1n) is 6.46. The first kappa shape index (κ1) is 15.6. The van der Waals surface area contributed by atoms with Gasteiger partial charge in [-0.15, -0.1) is 0 Å². The van der Waals surface area contributed by atoms with Crippen molar-refractivity contribution >= 4 is 11.6 Å². The lowest BCUT2D eigenvalue weighted by atomic mass is 10.2. The number of benzene rings is 1. The van der Waals surface area contributed by atoms with Crippen molar-refractivity contribution in [1.82, 2.24) is 4.90 Å². The number of hydrogen-bond donors (Lipinski definition) is 3. The van der Waals surface area contributed by atoms with Crippen LogP contribution in [0.4, 0.5) is 5.69 Å². The molecule has 3 N–H and O–H groups in total. The van der Waals surface area contributed by atoms with Crippen LogP contribution in [-0.4, -0.2) is 53.9 Å². The Kier molecular flexibility index (Phi) is 7.10. The highest BCUT2D eigenvalue weighted by molar-refractivity contribution is 5.92. The van der Waals surface area contributed by atoms with Gasteiger partial charge in [-0.2, -0.15) is 0 Å². The van der Waals surface area contributed by atoms with Crippen molar-refractivity contribution in [3.05, 3.63) is 29.8 Å². The second kappa shape index (κ2) is 8.63. The summed E-state index contributed by atoms with van der Waals surface area (Å²) in [7, 11) is 0. The zero-order chi connectivity index (χ0) is 14.1. The van der Waals surface area contributed by atoms with E-state index in [1.54, 1.807) is 0 Å². The van der Waals surface area contributed by atoms with Gasteiger partial charge in [0.15, 0.2) is 0 Å². The van der Waals surface area contributed by atoms with Crippen molar-refractivity contribution in [3.63, 3.8) is 0 Å². The Morgan fingerprint density at radius 1 is 1.16 bits per heavy atom. The molecule has 0 aliphatic heterocycles. The van der Waals surface area contributed by atoms with E-state index in [-0.39, 0.29) is 25.7 Å². The molecule has 1 amide bonds. The Hall–Kier alpha value is -1.43. The maximum atomic E-state index is 11.8. The van der Waals surface area contributed by atoms with Gasteiger partial charge < -0.3 is 15.5 Å². The summed E-state index contributed by atoms with van der Waals surface area (Å²) in [4.78, 5) is 13.7. The van der Waals surface area contributed by atoms with Gasteiger partial charge in [0.25, 0.3) is 0 Å². The molecule has 19 heavy (non-hydrogen) atoms. The van der Waals surface area contributed by atoms with Gasteiger partial charge in [0, 0.05) is 25.4 Å². The number of nitrogens with one attached hydrogen (secondary N) is 1. The molecule has 0 aliphatic carbocycles. The van der Waals surface area contributed by atoms with E-state index in [2.05, 4.69) is 5.32 Å². The van der Waals surface area contributed by atoms with E-state index in [1.807, 2.05) is 36.1 Å². The van der Waals surface area contributed by atoms with Crippen molar-refractivity contribution in [3.8, 4) is 0 Å². The lowest BCUT2D eigenvalue weighted by molar-refractivity contribution is -0.117. The van der Waals surface area contributed by atoms with Crippen LogP contribution in [-0.2, 0) is 4.79 Å². The minimum absolute atomic E-state index is 0.00321. The quantitative estimate of drug-likeness (QED) is 0.644. The number of aliphatic hydroxyl groups excluding tert-OH is 2. The van der Waals surface area contributed by atoms with Crippen molar-refractivity contribution in [2.75, 3.05) is 38.2 Å². The van der Waals surface area contributed by atoms with Gasteiger partial charge in [-0.25, -0.2) is 0 Å². The van der Waals surface area contributed by atoms with Gasteiger partial charge in [-0.1, -0.05) is 17.7 Å². The van der Waals surface area contributed by atoms with Crippen molar-refractivity contribution in [2.24, 2.45) is 0 Å². The predicted molar refractivity (Wildman–Crippen MR) is 75.0 cm³/mol. The van der Waals surface area contributed by atoms with Crippen molar-refractivity contribution in [2.45, 2.75) is 13.3 Å². The molecule has 5 nitrogen and oxygen atoms in total. The summed E-state index contributed by atoms with van der Waals surface area (Å²) >= 11 is 0. The highest BCUT2D eigenvalue weighted by Gasteiger charge is 2.10. The highest BCUT2D eigenvalue weighted by Crippen LogP contribution is 2.08. The first-order valence-corrected chi connectivity index (χ1v) is 6.46. The third-order valence-corrected chi connectivity index (χ3v) is 2.75. The number of rotatable bonds is 8. The summed E-state index contributed by atoms with van der Waals surface area (Å²) in [6, 6.07) is 7.59. The van der Waals surface area contributed by atoms with Gasteiger partial charge in [0.1, 0.15) is 0 Å². The van der Waals surface area contributed by atoms with E-state index in [0.717, 1.165) is 11.3 Å². The number of hydrogen-bond acceptors (Lipinski definition) is 4. The molecule has 0 heterocycles. The van der Waals surface area contributed by atoms with E-state index in [9.17, 15) is 4.79 Å². The predicted octanol–water partition coefficient (Wildman–Crippen LogP) is 0.610. The van der Waals surface area contributed by atoms with Crippen LogP contribution in [0.1, 0.15) is 12.0 Å². The third-order valence-electron chi connectivity index (χ3n) is 2.75. The molecule has 0 spiro atoms. The Morgan fingerprint density at radius 3 is 2.42 bits per heavy atom. The lowest BCUT2D eigenvalue weighted by Crippen LogP contribution is -2.36. The molecule has 0 atom stereocenters. The minimum Gasteiger partial charge on any atom is -0.396 e. The summed E-state index contributed by atoms with van der Waals surface area (Å²) in [5, 5.41) is 20.5. The number of carbonyl (C=O) groups is 1. The minimum atomic E-state index is -0.116. The molecule has 1 rings (SSSR count). The Labute approximate surface area is 113 Å². The van der Waals surface area contributed by atoms with Crippen LogP contribution < -0.4 is 5.32 Å². The molecule has 0 unspecified atom stereocenters. The second-order valence-corrected chi connectivity index (χ2v) is 4.49. The van der Waals surface area contributed by atoms with Crippen LogP contribution in [0.25, 0.3) is 0 Å². The molecule has 0 aromatic heterocycles. The van der Waals surface area contributed by atoms with Gasteiger partial charge in [0.05, 0.1) is 13.2 Å². The number of aliphatic hydroxyl groups is 2. The van der Waals surface area contributed by atoms with E-state index in [0.29, 0.717) is 19.5 Å². The molecule has 106 valence electrons. The van der Waals surface area contributed by atoms with Gasteiger partial charge in [-0.05, 0) is 25.5 Å². The number of amides is 1. The molecule has 0 bridgehead atoms. The van der Waals surface area contributed by atoms with E-state index in [1.165, 1.54) is 0 Å². The Morgan fingerprint density at radius 2 is 1.84 bits per heavy atom. The zero-order valence-corrected chi connectivity index (χ0v) is 11.3. The molecule has 0 saturated carbocycles. The molecule has 1 aromatic rings. The second-order valence-electron chi connectivity index (χ2n) is 4.49. The maximum absolute atomic E-state index is 11.8. The molecule has 0 saturated heterocycles. The molecular weight excluding hydrogens is 244 g/mol. The summed E-state index contributed by atoms with van der Waals surface area (Å²) in [5.41, 5.74) is 1.91. The summed E-state index contributed by atoms with van der Waals surface area (Å²) in [6.07, 6.45) is 0.595. The van der Waals surface area contributed by atoms with Crippen LogP contribution in [0.15, 0.2) is 24.3 Å². The smallest absolute Gasteiger partial charge is 0.238 e.